The molecular formula is C26H29ClFN3O5S. The summed E-state index contributed by atoms with van der Waals surface area (Å²) in [6, 6.07) is 15.2. The van der Waals surface area contributed by atoms with Crippen LogP contribution in [0.4, 0.5) is 4.39 Å². The average Bonchev–Trinajstić information content (AvgIpc) is 3.41. The minimum atomic E-state index is -3.99. The number of carbonyl (C=O) groups excluding carboxylic acids is 1. The summed E-state index contributed by atoms with van der Waals surface area (Å²) in [6.45, 7) is 3.07. The molecule has 1 fully saturated rings. The van der Waals surface area contributed by atoms with Gasteiger partial charge in [-0.3, -0.25) is 9.69 Å². The van der Waals surface area contributed by atoms with Crippen LogP contribution in [0, 0.1) is 5.82 Å². The molecule has 0 bridgehead atoms. The van der Waals surface area contributed by atoms with E-state index in [1.165, 1.54) is 51.9 Å². The minimum Gasteiger partial charge on any atom is -0.467 e. The van der Waals surface area contributed by atoms with E-state index in [0.29, 0.717) is 49.2 Å². The van der Waals surface area contributed by atoms with Crippen LogP contribution in [-0.2, 0) is 32.6 Å². The van der Waals surface area contributed by atoms with Gasteiger partial charge in [0.1, 0.15) is 11.6 Å². The predicted molar refractivity (Wildman–Crippen MR) is 137 cm³/mol. The Morgan fingerprint density at radius 1 is 1.00 bits per heavy atom. The van der Waals surface area contributed by atoms with Crippen LogP contribution < -0.4 is 0 Å². The van der Waals surface area contributed by atoms with Crippen molar-refractivity contribution in [3.63, 3.8) is 0 Å². The van der Waals surface area contributed by atoms with Crippen LogP contribution in [0.2, 0.25) is 5.02 Å². The number of rotatable bonds is 11. The topological polar surface area (TPSA) is 83.3 Å². The molecule has 0 radical (unpaired) electrons. The van der Waals surface area contributed by atoms with Gasteiger partial charge in [0, 0.05) is 37.7 Å². The van der Waals surface area contributed by atoms with Gasteiger partial charge in [-0.15, -0.1) is 0 Å². The highest BCUT2D eigenvalue weighted by atomic mass is 35.5. The van der Waals surface area contributed by atoms with Crippen LogP contribution in [-0.4, -0.2) is 74.4 Å². The number of halogens is 2. The summed E-state index contributed by atoms with van der Waals surface area (Å²) in [4.78, 5) is 17.3. The Balaban J connectivity index is 1.56. The Morgan fingerprint density at radius 2 is 1.70 bits per heavy atom. The van der Waals surface area contributed by atoms with Crippen molar-refractivity contribution in [2.75, 3.05) is 45.9 Å². The SMILES string of the molecule is O=C(CN(CCN1CCOCC1)S(=O)(=O)c1ccc(Cl)cc1)N(Cc1ccc(F)cc1)Cc1ccco1. The second-order valence-corrected chi connectivity index (χ2v) is 11.1. The monoisotopic (exact) mass is 549 g/mol. The second-order valence-electron chi connectivity index (χ2n) is 8.70. The number of carbonyl (C=O) groups is 1. The number of amides is 1. The van der Waals surface area contributed by atoms with Crippen molar-refractivity contribution in [3.05, 3.63) is 89.1 Å². The first-order chi connectivity index (χ1) is 17.8. The van der Waals surface area contributed by atoms with Gasteiger partial charge in [-0.05, 0) is 54.1 Å². The molecule has 8 nitrogen and oxygen atoms in total. The lowest BCUT2D eigenvalue weighted by atomic mass is 10.2. The summed E-state index contributed by atoms with van der Waals surface area (Å²) in [5, 5.41) is 0.416. The van der Waals surface area contributed by atoms with Crippen molar-refractivity contribution in [1.29, 1.82) is 0 Å². The zero-order valence-corrected chi connectivity index (χ0v) is 21.8. The van der Waals surface area contributed by atoms with Crippen molar-refractivity contribution >= 4 is 27.5 Å². The molecule has 11 heteroatoms. The molecule has 1 aliphatic rings. The van der Waals surface area contributed by atoms with E-state index in [-0.39, 0.29) is 36.9 Å². The van der Waals surface area contributed by atoms with Gasteiger partial charge in [-0.1, -0.05) is 23.7 Å². The van der Waals surface area contributed by atoms with Gasteiger partial charge in [0.2, 0.25) is 15.9 Å². The maximum absolute atomic E-state index is 13.6. The lowest BCUT2D eigenvalue weighted by Crippen LogP contribution is -2.47. The van der Waals surface area contributed by atoms with E-state index in [2.05, 4.69) is 4.90 Å². The molecule has 1 saturated heterocycles. The van der Waals surface area contributed by atoms with Crippen molar-refractivity contribution in [2.45, 2.75) is 18.0 Å². The number of nitrogens with zero attached hydrogens (tertiary/aromatic N) is 3. The number of hydrogen-bond donors (Lipinski definition) is 0. The first kappa shape index (κ1) is 27.3. The molecule has 1 aromatic heterocycles. The first-order valence-electron chi connectivity index (χ1n) is 11.9. The van der Waals surface area contributed by atoms with E-state index in [1.54, 1.807) is 24.3 Å². The fourth-order valence-electron chi connectivity index (χ4n) is 4.00. The highest BCUT2D eigenvalue weighted by molar-refractivity contribution is 7.89. The van der Waals surface area contributed by atoms with Crippen LogP contribution >= 0.6 is 11.6 Å². The highest BCUT2D eigenvalue weighted by Crippen LogP contribution is 2.20. The fourth-order valence-corrected chi connectivity index (χ4v) is 5.51. The molecular weight excluding hydrogens is 521 g/mol. The van der Waals surface area contributed by atoms with Crippen LogP contribution in [0.25, 0.3) is 0 Å². The molecule has 1 amide bonds. The van der Waals surface area contributed by atoms with Crippen molar-refractivity contribution in [3.8, 4) is 0 Å². The Morgan fingerprint density at radius 3 is 2.35 bits per heavy atom. The van der Waals surface area contributed by atoms with Gasteiger partial charge in [0.25, 0.3) is 0 Å². The van der Waals surface area contributed by atoms with Gasteiger partial charge in [0.05, 0.1) is 37.5 Å². The van der Waals surface area contributed by atoms with E-state index >= 15 is 0 Å². The van der Waals surface area contributed by atoms with Crippen molar-refractivity contribution in [2.24, 2.45) is 0 Å². The standard InChI is InChI=1S/C26H29ClFN3O5S/c27-22-5-9-25(10-6-22)37(33,34)31(12-11-29-13-16-35-17-14-29)20-26(32)30(19-24-2-1-15-36-24)18-21-3-7-23(28)8-4-21/h1-10,15H,11-14,16-20H2. The fraction of sp³-hybridized carbons (Fsp3) is 0.346. The normalized spacial score (nSPS) is 14.7. The minimum absolute atomic E-state index is 0.0581. The second kappa shape index (κ2) is 12.7. The molecule has 0 atom stereocenters. The molecule has 0 aliphatic carbocycles. The summed E-state index contributed by atoms with van der Waals surface area (Å²) in [5.41, 5.74) is 0.710. The summed E-state index contributed by atoms with van der Waals surface area (Å²) in [5.74, 6) is -0.230. The average molecular weight is 550 g/mol. The van der Waals surface area contributed by atoms with Gasteiger partial charge in [-0.25, -0.2) is 12.8 Å². The van der Waals surface area contributed by atoms with Crippen molar-refractivity contribution < 1.29 is 26.8 Å². The van der Waals surface area contributed by atoms with E-state index in [4.69, 9.17) is 20.8 Å². The lowest BCUT2D eigenvalue weighted by Gasteiger charge is -2.31. The largest absolute Gasteiger partial charge is 0.467 e. The maximum Gasteiger partial charge on any atom is 0.243 e. The quantitative estimate of drug-likeness (QED) is 0.363. The van der Waals surface area contributed by atoms with Crippen LogP contribution in [0.3, 0.4) is 0 Å². The number of morpholine rings is 1. The summed E-state index contributed by atoms with van der Waals surface area (Å²) < 4.78 is 52.6. The van der Waals surface area contributed by atoms with E-state index < -0.39 is 15.9 Å². The zero-order valence-electron chi connectivity index (χ0n) is 20.3. The van der Waals surface area contributed by atoms with E-state index in [1.807, 2.05) is 0 Å². The third-order valence-corrected chi connectivity index (χ3v) is 8.21. The smallest absolute Gasteiger partial charge is 0.243 e. The number of sulfonamides is 1. The van der Waals surface area contributed by atoms with Gasteiger partial charge in [-0.2, -0.15) is 4.31 Å². The third-order valence-electron chi connectivity index (χ3n) is 6.10. The van der Waals surface area contributed by atoms with Crippen LogP contribution in [0.5, 0.6) is 0 Å². The van der Waals surface area contributed by atoms with Crippen molar-refractivity contribution in [1.82, 2.24) is 14.1 Å². The number of ether oxygens (including phenoxy) is 1. The molecule has 0 N–H and O–H groups in total. The van der Waals surface area contributed by atoms with Crippen LogP contribution in [0.15, 0.2) is 76.2 Å². The van der Waals surface area contributed by atoms with Gasteiger partial charge < -0.3 is 14.1 Å². The molecule has 4 rings (SSSR count). The summed E-state index contributed by atoms with van der Waals surface area (Å²) >= 11 is 5.96. The zero-order chi connectivity index (χ0) is 26.3. The number of hydrogen-bond acceptors (Lipinski definition) is 6. The third kappa shape index (κ3) is 7.62. The van der Waals surface area contributed by atoms with E-state index in [9.17, 15) is 17.6 Å². The van der Waals surface area contributed by atoms with Crippen LogP contribution in [0.1, 0.15) is 11.3 Å². The molecule has 2 aromatic carbocycles. The lowest BCUT2D eigenvalue weighted by molar-refractivity contribution is -0.133. The first-order valence-corrected chi connectivity index (χ1v) is 13.7. The molecule has 1 aliphatic heterocycles. The predicted octanol–water partition coefficient (Wildman–Crippen LogP) is 3.62. The molecule has 0 saturated carbocycles. The molecule has 2 heterocycles. The maximum atomic E-state index is 13.6. The molecule has 198 valence electrons. The molecule has 3 aromatic rings. The Bertz CT molecular complexity index is 1250. The molecule has 37 heavy (non-hydrogen) atoms. The number of benzene rings is 2. The molecule has 0 spiro atoms. The number of furan rings is 1. The molecule has 0 unspecified atom stereocenters. The Labute approximate surface area is 221 Å². The Kier molecular flexibility index (Phi) is 9.33. The Hall–Kier alpha value is -2.76. The van der Waals surface area contributed by atoms with Gasteiger partial charge >= 0.3 is 0 Å². The van der Waals surface area contributed by atoms with Gasteiger partial charge in [0.15, 0.2) is 0 Å². The summed E-state index contributed by atoms with van der Waals surface area (Å²) in [6.07, 6.45) is 1.51. The highest BCUT2D eigenvalue weighted by Gasteiger charge is 2.29. The summed E-state index contributed by atoms with van der Waals surface area (Å²) in [7, 11) is -3.99. The van der Waals surface area contributed by atoms with E-state index in [0.717, 1.165) is 0 Å².